The molecule has 0 aliphatic rings. The molecule has 0 aliphatic heterocycles. The molecule has 0 bridgehead atoms. The van der Waals surface area contributed by atoms with Crippen LogP contribution in [0.2, 0.25) is 0 Å². The number of methoxy groups -OCH3 is 1. The minimum Gasteiger partial charge on any atom is -0.497 e. The van der Waals surface area contributed by atoms with Crippen molar-refractivity contribution < 1.29 is 4.74 Å². The van der Waals surface area contributed by atoms with E-state index in [2.05, 4.69) is 61.2 Å². The summed E-state index contributed by atoms with van der Waals surface area (Å²) in [6.07, 6.45) is 1.81. The molecule has 0 saturated heterocycles. The lowest BCUT2D eigenvalue weighted by Gasteiger charge is -2.15. The van der Waals surface area contributed by atoms with Gasteiger partial charge in [0.1, 0.15) is 5.75 Å². The molecule has 0 fully saturated rings. The minimum atomic E-state index is 0.248. The van der Waals surface area contributed by atoms with E-state index in [1.54, 1.807) is 13.3 Å². The number of nitrogens with one attached hydrogen (secondary N) is 1. The van der Waals surface area contributed by atoms with E-state index in [4.69, 9.17) is 4.74 Å². The zero-order valence-corrected chi connectivity index (χ0v) is 14.5. The maximum atomic E-state index is 5.16. The first-order chi connectivity index (χ1) is 9.60. The second kappa shape index (κ2) is 7.20. The van der Waals surface area contributed by atoms with Crippen molar-refractivity contribution in [2.24, 2.45) is 0 Å². The lowest BCUT2D eigenvalue weighted by atomic mass is 10.1. The number of halogens is 2. The van der Waals surface area contributed by atoms with Crippen LogP contribution in [0.15, 0.2) is 45.5 Å². The van der Waals surface area contributed by atoms with Gasteiger partial charge >= 0.3 is 0 Å². The molecule has 1 unspecified atom stereocenters. The molecule has 0 saturated carbocycles. The fourth-order valence-electron chi connectivity index (χ4n) is 1.83. The second-order valence-corrected chi connectivity index (χ2v) is 6.23. The summed E-state index contributed by atoms with van der Waals surface area (Å²) in [5.41, 5.74) is 2.22. The third kappa shape index (κ3) is 4.04. The lowest BCUT2D eigenvalue weighted by molar-refractivity contribution is 0.414. The Labute approximate surface area is 136 Å². The third-order valence-electron chi connectivity index (χ3n) is 3.08. The van der Waals surface area contributed by atoms with E-state index in [0.29, 0.717) is 6.54 Å². The highest BCUT2D eigenvalue weighted by Gasteiger charge is 2.07. The quantitative estimate of drug-likeness (QED) is 0.805. The standard InChI is InChI=1S/C15H16Br2N2O/c1-10(11-3-5-13(20-2)6-4-11)18-9-15-14(17)7-12(16)8-19-15/h3-8,10,18H,9H2,1-2H3. The zero-order chi connectivity index (χ0) is 14.5. The molecule has 106 valence electrons. The van der Waals surface area contributed by atoms with E-state index >= 15 is 0 Å². The number of aromatic nitrogens is 1. The van der Waals surface area contributed by atoms with Gasteiger partial charge in [-0.25, -0.2) is 0 Å². The van der Waals surface area contributed by atoms with Gasteiger partial charge in [0.15, 0.2) is 0 Å². The Balaban J connectivity index is 1.98. The van der Waals surface area contributed by atoms with Crippen LogP contribution in [0.1, 0.15) is 24.2 Å². The smallest absolute Gasteiger partial charge is 0.118 e. The molecule has 1 heterocycles. The van der Waals surface area contributed by atoms with Crippen molar-refractivity contribution in [2.75, 3.05) is 7.11 Å². The molecule has 0 amide bonds. The first kappa shape index (κ1) is 15.5. The lowest BCUT2D eigenvalue weighted by Crippen LogP contribution is -2.19. The van der Waals surface area contributed by atoms with Crippen LogP contribution >= 0.6 is 31.9 Å². The van der Waals surface area contributed by atoms with E-state index in [9.17, 15) is 0 Å². The van der Waals surface area contributed by atoms with Crippen molar-refractivity contribution in [3.8, 4) is 5.75 Å². The average Bonchev–Trinajstić information content (AvgIpc) is 2.46. The minimum absolute atomic E-state index is 0.248. The SMILES string of the molecule is COc1ccc(C(C)NCc2ncc(Br)cc2Br)cc1. The zero-order valence-electron chi connectivity index (χ0n) is 11.4. The maximum absolute atomic E-state index is 5.16. The molecule has 0 radical (unpaired) electrons. The Hall–Kier alpha value is -0.910. The van der Waals surface area contributed by atoms with Gasteiger partial charge in [-0.05, 0) is 62.5 Å². The van der Waals surface area contributed by atoms with Gasteiger partial charge in [-0.3, -0.25) is 4.98 Å². The van der Waals surface area contributed by atoms with E-state index in [0.717, 1.165) is 20.4 Å². The Morgan fingerprint density at radius 2 is 1.95 bits per heavy atom. The van der Waals surface area contributed by atoms with Gasteiger partial charge in [0, 0.05) is 27.7 Å². The van der Waals surface area contributed by atoms with Crippen LogP contribution in [0.5, 0.6) is 5.75 Å². The van der Waals surface area contributed by atoms with Gasteiger partial charge in [-0.2, -0.15) is 0 Å². The summed E-state index contributed by atoms with van der Waals surface area (Å²) in [7, 11) is 1.67. The van der Waals surface area contributed by atoms with Crippen molar-refractivity contribution >= 4 is 31.9 Å². The predicted octanol–water partition coefficient (Wildman–Crippen LogP) is 4.47. The van der Waals surface area contributed by atoms with Crippen LogP contribution in [0.4, 0.5) is 0 Å². The van der Waals surface area contributed by atoms with Gasteiger partial charge in [0.25, 0.3) is 0 Å². The summed E-state index contributed by atoms with van der Waals surface area (Å²) in [5.74, 6) is 0.873. The summed E-state index contributed by atoms with van der Waals surface area (Å²) in [4.78, 5) is 4.39. The van der Waals surface area contributed by atoms with E-state index in [1.807, 2.05) is 18.2 Å². The Morgan fingerprint density at radius 3 is 2.55 bits per heavy atom. The Morgan fingerprint density at radius 1 is 1.25 bits per heavy atom. The summed E-state index contributed by atoms with van der Waals surface area (Å²) in [5, 5.41) is 3.46. The number of hydrogen-bond acceptors (Lipinski definition) is 3. The predicted molar refractivity (Wildman–Crippen MR) is 87.9 cm³/mol. The molecule has 1 aromatic heterocycles. The molecule has 1 N–H and O–H groups in total. The average molecular weight is 400 g/mol. The fraction of sp³-hybridized carbons (Fsp3) is 0.267. The highest BCUT2D eigenvalue weighted by molar-refractivity contribution is 9.11. The third-order valence-corrected chi connectivity index (χ3v) is 4.20. The molecule has 0 aliphatic carbocycles. The molecule has 2 rings (SSSR count). The summed E-state index contributed by atoms with van der Waals surface area (Å²) >= 11 is 6.93. The number of hydrogen-bond donors (Lipinski definition) is 1. The van der Waals surface area contributed by atoms with Crippen LogP contribution in [-0.2, 0) is 6.54 Å². The highest BCUT2D eigenvalue weighted by atomic mass is 79.9. The summed E-state index contributed by atoms with van der Waals surface area (Å²) in [6, 6.07) is 10.3. The van der Waals surface area contributed by atoms with Gasteiger partial charge in [-0.1, -0.05) is 12.1 Å². The highest BCUT2D eigenvalue weighted by Crippen LogP contribution is 2.21. The van der Waals surface area contributed by atoms with Crippen molar-refractivity contribution in [1.29, 1.82) is 0 Å². The largest absolute Gasteiger partial charge is 0.497 e. The molecular formula is C15H16Br2N2O. The van der Waals surface area contributed by atoms with Crippen molar-refractivity contribution in [3.05, 3.63) is 56.7 Å². The molecule has 1 atom stereocenters. The monoisotopic (exact) mass is 398 g/mol. The normalized spacial score (nSPS) is 12.2. The number of ether oxygens (including phenoxy) is 1. The maximum Gasteiger partial charge on any atom is 0.118 e. The molecule has 2 aromatic rings. The van der Waals surface area contributed by atoms with Crippen LogP contribution in [0, 0.1) is 0 Å². The molecular weight excluding hydrogens is 384 g/mol. The Kier molecular flexibility index (Phi) is 5.57. The topological polar surface area (TPSA) is 34.1 Å². The molecule has 20 heavy (non-hydrogen) atoms. The number of nitrogens with zero attached hydrogens (tertiary/aromatic N) is 1. The van der Waals surface area contributed by atoms with Gasteiger partial charge in [-0.15, -0.1) is 0 Å². The summed E-state index contributed by atoms with van der Waals surface area (Å²) < 4.78 is 7.13. The van der Waals surface area contributed by atoms with Crippen LogP contribution in [-0.4, -0.2) is 12.1 Å². The molecule has 1 aromatic carbocycles. The fourth-order valence-corrected chi connectivity index (χ4v) is 2.96. The molecule has 5 heteroatoms. The van der Waals surface area contributed by atoms with Crippen LogP contribution < -0.4 is 10.1 Å². The number of rotatable bonds is 5. The number of benzene rings is 1. The van der Waals surface area contributed by atoms with Crippen molar-refractivity contribution in [1.82, 2.24) is 10.3 Å². The van der Waals surface area contributed by atoms with Gasteiger partial charge in [0.2, 0.25) is 0 Å². The second-order valence-electron chi connectivity index (χ2n) is 4.46. The van der Waals surface area contributed by atoms with E-state index in [-0.39, 0.29) is 6.04 Å². The summed E-state index contributed by atoms with van der Waals surface area (Å²) in [6.45, 7) is 2.84. The van der Waals surface area contributed by atoms with Crippen molar-refractivity contribution in [3.63, 3.8) is 0 Å². The van der Waals surface area contributed by atoms with Crippen LogP contribution in [0.3, 0.4) is 0 Å². The first-order valence-electron chi connectivity index (χ1n) is 6.27. The van der Waals surface area contributed by atoms with E-state index < -0.39 is 0 Å². The van der Waals surface area contributed by atoms with Crippen molar-refractivity contribution in [2.45, 2.75) is 19.5 Å². The molecule has 0 spiro atoms. The number of pyridine rings is 1. The van der Waals surface area contributed by atoms with Gasteiger partial charge in [0.05, 0.1) is 12.8 Å². The Bertz CT molecular complexity index is 573. The van der Waals surface area contributed by atoms with Crippen LogP contribution in [0.25, 0.3) is 0 Å². The van der Waals surface area contributed by atoms with Gasteiger partial charge < -0.3 is 10.1 Å². The van der Waals surface area contributed by atoms with E-state index in [1.165, 1.54) is 5.56 Å². The molecule has 3 nitrogen and oxygen atoms in total. The first-order valence-corrected chi connectivity index (χ1v) is 7.86.